The van der Waals surface area contributed by atoms with Crippen LogP contribution in [0.3, 0.4) is 0 Å². The lowest BCUT2D eigenvalue weighted by atomic mass is 9.91. The lowest BCUT2D eigenvalue weighted by molar-refractivity contribution is -0.127. The molecule has 0 radical (unpaired) electrons. The number of aldehydes is 1. The monoisotopic (exact) mass is 622 g/mol. The second-order valence-electron chi connectivity index (χ2n) is 9.38. The largest absolute Gasteiger partial charge is 0.388 e. The molecule has 0 bridgehead atoms. The van der Waals surface area contributed by atoms with Crippen molar-refractivity contribution in [2.75, 3.05) is 25.5 Å². The van der Waals surface area contributed by atoms with Gasteiger partial charge in [0.05, 0.1) is 25.8 Å². The number of hydrogen-bond donors (Lipinski definition) is 1. The zero-order valence-corrected chi connectivity index (χ0v) is 25.6. The first kappa shape index (κ1) is 31.9. The molecular weight excluding hydrogens is 591 g/mol. The number of likely N-dealkylation sites (tertiary alicyclic amines) is 1. The van der Waals surface area contributed by atoms with E-state index in [0.29, 0.717) is 44.1 Å². The number of sulfone groups is 1. The maximum Gasteiger partial charge on any atom is 0.222 e. The van der Waals surface area contributed by atoms with E-state index in [1.807, 2.05) is 37.1 Å². The first-order chi connectivity index (χ1) is 19.1. The number of carbonyl (C=O) groups is 2. The maximum absolute atomic E-state index is 13.0. The van der Waals surface area contributed by atoms with Crippen LogP contribution in [0.2, 0.25) is 15.1 Å². The highest BCUT2D eigenvalue weighted by Gasteiger charge is 2.33. The Hall–Kier alpha value is -2.58. The van der Waals surface area contributed by atoms with Crippen LogP contribution in [0.15, 0.2) is 65.6 Å². The Balaban J connectivity index is 0.000000201. The second-order valence-corrected chi connectivity index (χ2v) is 12.8. The van der Waals surface area contributed by atoms with E-state index in [1.165, 1.54) is 6.07 Å². The van der Waals surface area contributed by atoms with Crippen LogP contribution in [0.25, 0.3) is 0 Å². The van der Waals surface area contributed by atoms with Crippen molar-refractivity contribution in [1.82, 2.24) is 4.90 Å². The second kappa shape index (κ2) is 14.9. The molecule has 1 N–H and O–H groups in total. The van der Waals surface area contributed by atoms with E-state index in [-0.39, 0.29) is 0 Å². The van der Waals surface area contributed by atoms with Crippen LogP contribution in [-0.4, -0.2) is 45.6 Å². The van der Waals surface area contributed by atoms with Gasteiger partial charge in [-0.15, -0.1) is 0 Å². The number of nitrogens with zero attached hydrogens (tertiary/aromatic N) is 1. The molecule has 1 heterocycles. The average molecular weight is 624 g/mol. The molecule has 5 rings (SSSR count). The Labute approximate surface area is 251 Å². The topological polar surface area (TPSA) is 83.6 Å². The van der Waals surface area contributed by atoms with Gasteiger partial charge in [-0.25, -0.2) is 8.42 Å². The summed E-state index contributed by atoms with van der Waals surface area (Å²) in [6, 6.07) is 17.4. The van der Waals surface area contributed by atoms with E-state index < -0.39 is 15.1 Å². The molecule has 1 aliphatic heterocycles. The van der Waals surface area contributed by atoms with E-state index in [4.69, 9.17) is 34.8 Å². The Kier molecular flexibility index (Phi) is 11.9. The molecule has 0 aromatic heterocycles. The predicted octanol–water partition coefficient (Wildman–Crippen LogP) is 7.67. The highest BCUT2D eigenvalue weighted by molar-refractivity contribution is 7.91. The molecular formula is C30H33Cl3N2O4S. The van der Waals surface area contributed by atoms with Crippen molar-refractivity contribution in [3.05, 3.63) is 92.4 Å². The number of carbonyl (C=O) groups excluding carboxylic acids is 2. The summed E-state index contributed by atoms with van der Waals surface area (Å²) in [6.07, 6.45) is 4.94. The molecule has 1 amide bonds. The van der Waals surface area contributed by atoms with Crippen LogP contribution >= 0.6 is 34.8 Å². The number of halogens is 3. The average Bonchev–Trinajstić information content (AvgIpc) is 3.38. The molecule has 40 heavy (non-hydrogen) atoms. The van der Waals surface area contributed by atoms with Gasteiger partial charge in [-0.1, -0.05) is 53.0 Å². The summed E-state index contributed by atoms with van der Waals surface area (Å²) in [6.45, 7) is 3.89. The summed E-state index contributed by atoms with van der Waals surface area (Å²) in [5.74, 6) is 0.326. The minimum absolute atomic E-state index is 0.299. The highest BCUT2D eigenvalue weighted by Crippen LogP contribution is 2.40. The number of amides is 1. The molecule has 2 aliphatic rings. The van der Waals surface area contributed by atoms with E-state index in [9.17, 15) is 18.0 Å². The summed E-state index contributed by atoms with van der Waals surface area (Å²) >= 11 is 17.2. The van der Waals surface area contributed by atoms with Crippen LogP contribution in [0, 0.1) is 0 Å². The number of rotatable bonds is 5. The molecule has 10 heteroatoms. The first-order valence-corrected chi connectivity index (χ1v) is 15.8. The maximum atomic E-state index is 13.0. The third-order valence-electron chi connectivity index (χ3n) is 6.86. The predicted molar refractivity (Wildman–Crippen MR) is 164 cm³/mol. The molecule has 3 aromatic carbocycles. The zero-order chi connectivity index (χ0) is 29.3. The van der Waals surface area contributed by atoms with Crippen molar-refractivity contribution in [3.8, 4) is 0 Å². The number of hydrogen-bond acceptors (Lipinski definition) is 5. The molecule has 214 valence electrons. The first-order valence-electron chi connectivity index (χ1n) is 13.1. The van der Waals surface area contributed by atoms with Crippen molar-refractivity contribution < 1.29 is 18.0 Å². The molecule has 3 aromatic rings. The van der Waals surface area contributed by atoms with Crippen molar-refractivity contribution in [2.45, 2.75) is 49.2 Å². The fraction of sp³-hybridized carbons (Fsp3) is 0.333. The molecule has 1 aliphatic carbocycles. The van der Waals surface area contributed by atoms with Crippen molar-refractivity contribution >= 4 is 62.5 Å². The summed E-state index contributed by atoms with van der Waals surface area (Å²) in [4.78, 5) is 23.2. The summed E-state index contributed by atoms with van der Waals surface area (Å²) < 4.78 is 26.0. The number of benzene rings is 3. The van der Waals surface area contributed by atoms with Crippen molar-refractivity contribution in [1.29, 1.82) is 0 Å². The molecule has 0 saturated carbocycles. The van der Waals surface area contributed by atoms with Gasteiger partial charge in [-0.05, 0) is 86.2 Å². The Bertz CT molecular complexity index is 1430. The number of nitrogens with one attached hydrogen (secondary N) is 1. The number of anilines is 1. The standard InChI is InChI=1S/C17H18ClNO2S.C7H4Cl2O.C6H11NO/c1-19-14-9-8-12-4-2-7-17(16(12)11-14)22(20,21)15-6-3-5-13(18)10-15;8-6-2-1-3-7(9)5(6)4-10;1-2-7-5-3-4-6(7)8/h3,5-6,8-11,17,19H,2,4,7H2,1H3;1-4H;2-5H2,1H3. The SMILES string of the molecule is CCN1CCCC1=O.CNc1ccc2c(c1)C(S(=O)(=O)c1cccc(Cl)c1)CCC2.O=Cc1c(Cl)cccc1Cl. The molecule has 6 nitrogen and oxygen atoms in total. The normalized spacial score (nSPS) is 16.2. The van der Waals surface area contributed by atoms with Crippen LogP contribution in [0.1, 0.15) is 59.3 Å². The highest BCUT2D eigenvalue weighted by atomic mass is 35.5. The van der Waals surface area contributed by atoms with Crippen LogP contribution < -0.4 is 5.32 Å². The van der Waals surface area contributed by atoms with Gasteiger partial charge >= 0.3 is 0 Å². The fourth-order valence-electron chi connectivity index (χ4n) is 4.70. The number of fused-ring (bicyclic) bond motifs is 1. The van der Waals surface area contributed by atoms with Gasteiger partial charge in [0, 0.05) is 37.3 Å². The van der Waals surface area contributed by atoms with Gasteiger partial charge in [0.25, 0.3) is 0 Å². The molecule has 1 unspecified atom stereocenters. The summed E-state index contributed by atoms with van der Waals surface area (Å²) in [5.41, 5.74) is 3.33. The molecule has 1 fully saturated rings. The van der Waals surface area contributed by atoms with Crippen LogP contribution in [-0.2, 0) is 21.1 Å². The van der Waals surface area contributed by atoms with E-state index >= 15 is 0 Å². The smallest absolute Gasteiger partial charge is 0.222 e. The fourth-order valence-corrected chi connectivity index (χ4v) is 7.36. The quantitative estimate of drug-likeness (QED) is 0.295. The Morgan fingerprint density at radius 1 is 0.975 bits per heavy atom. The third kappa shape index (κ3) is 8.00. The van der Waals surface area contributed by atoms with E-state index in [1.54, 1.807) is 36.4 Å². The minimum Gasteiger partial charge on any atom is -0.388 e. The zero-order valence-electron chi connectivity index (χ0n) is 22.5. The molecule has 1 saturated heterocycles. The van der Waals surface area contributed by atoms with Crippen molar-refractivity contribution in [2.24, 2.45) is 0 Å². The van der Waals surface area contributed by atoms with Crippen LogP contribution in [0.4, 0.5) is 5.69 Å². The molecule has 1 atom stereocenters. The van der Waals surface area contributed by atoms with Gasteiger partial charge in [0.2, 0.25) is 5.91 Å². The van der Waals surface area contributed by atoms with Gasteiger partial charge in [0.1, 0.15) is 0 Å². The Morgan fingerprint density at radius 3 is 2.20 bits per heavy atom. The lowest BCUT2D eigenvalue weighted by Gasteiger charge is -2.26. The summed E-state index contributed by atoms with van der Waals surface area (Å²) in [7, 11) is -1.60. The van der Waals surface area contributed by atoms with Gasteiger partial charge in [-0.3, -0.25) is 9.59 Å². The summed E-state index contributed by atoms with van der Waals surface area (Å²) in [5, 5.41) is 3.81. The third-order valence-corrected chi connectivity index (χ3v) is 9.91. The van der Waals surface area contributed by atoms with Crippen molar-refractivity contribution in [3.63, 3.8) is 0 Å². The van der Waals surface area contributed by atoms with Crippen LogP contribution in [0.5, 0.6) is 0 Å². The number of aryl methyl sites for hydroxylation is 1. The van der Waals surface area contributed by atoms with E-state index in [2.05, 4.69) is 5.32 Å². The van der Waals surface area contributed by atoms with Gasteiger partial charge < -0.3 is 10.2 Å². The molecule has 0 spiro atoms. The Morgan fingerprint density at radius 2 is 1.68 bits per heavy atom. The van der Waals surface area contributed by atoms with Gasteiger partial charge in [-0.2, -0.15) is 0 Å². The minimum atomic E-state index is -3.44. The lowest BCUT2D eigenvalue weighted by Crippen LogP contribution is -2.23. The van der Waals surface area contributed by atoms with Gasteiger partial charge in [0.15, 0.2) is 16.1 Å². The van der Waals surface area contributed by atoms with E-state index in [0.717, 1.165) is 55.6 Å².